The summed E-state index contributed by atoms with van der Waals surface area (Å²) in [6.07, 6.45) is 0. The largest absolute Gasteiger partial charge is 0.398 e. The fourth-order valence-electron chi connectivity index (χ4n) is 1.61. The predicted molar refractivity (Wildman–Crippen MR) is 72.4 cm³/mol. The van der Waals surface area contributed by atoms with Crippen LogP contribution in [-0.2, 0) is 10.0 Å². The van der Waals surface area contributed by atoms with E-state index in [2.05, 4.69) is 9.88 Å². The lowest BCUT2D eigenvalue weighted by atomic mass is 10.1. The average Bonchev–Trinajstić information content (AvgIpc) is 2.70. The summed E-state index contributed by atoms with van der Waals surface area (Å²) in [5.74, 6) is 0.0781. The number of hydrogen-bond donors (Lipinski definition) is 2. The Kier molecular flexibility index (Phi) is 3.23. The minimum absolute atomic E-state index is 0.0781. The first-order valence-corrected chi connectivity index (χ1v) is 7.11. The number of benzene rings is 1. The van der Waals surface area contributed by atoms with Crippen LogP contribution in [-0.4, -0.2) is 13.6 Å². The van der Waals surface area contributed by atoms with Crippen molar-refractivity contribution < 1.29 is 12.9 Å². The zero-order chi connectivity index (χ0) is 14.2. The van der Waals surface area contributed by atoms with Crippen LogP contribution in [0.2, 0.25) is 0 Å². The van der Waals surface area contributed by atoms with E-state index in [1.54, 1.807) is 13.0 Å². The Bertz CT molecular complexity index is 697. The molecule has 1 aromatic heterocycles. The number of nitrogen functional groups attached to an aromatic ring is 1. The van der Waals surface area contributed by atoms with E-state index in [0.29, 0.717) is 11.4 Å². The third kappa shape index (κ3) is 2.70. The molecule has 7 heteroatoms. The fraction of sp³-hybridized carbons (Fsp3) is 0.250. The minimum atomic E-state index is -3.73. The molecule has 0 atom stereocenters. The molecule has 3 N–H and O–H groups in total. The predicted octanol–water partition coefficient (Wildman–Crippen LogP) is 1.98. The highest BCUT2D eigenvalue weighted by Crippen LogP contribution is 2.23. The summed E-state index contributed by atoms with van der Waals surface area (Å²) in [6.45, 7) is 5.35. The van der Waals surface area contributed by atoms with Crippen LogP contribution in [0.15, 0.2) is 27.6 Å². The normalized spacial score (nSPS) is 11.5. The molecule has 0 bridgehead atoms. The van der Waals surface area contributed by atoms with Crippen LogP contribution in [0.1, 0.15) is 16.8 Å². The number of aromatic nitrogens is 1. The Hall–Kier alpha value is -2.02. The van der Waals surface area contributed by atoms with Gasteiger partial charge < -0.3 is 10.3 Å². The van der Waals surface area contributed by atoms with Crippen LogP contribution in [0.4, 0.5) is 11.6 Å². The molecule has 0 aliphatic rings. The Morgan fingerprint density at radius 3 is 2.42 bits per heavy atom. The molecule has 2 aromatic rings. The van der Waals surface area contributed by atoms with Crippen molar-refractivity contribution in [1.82, 2.24) is 5.16 Å². The zero-order valence-electron chi connectivity index (χ0n) is 10.9. The van der Waals surface area contributed by atoms with Gasteiger partial charge in [0.25, 0.3) is 10.0 Å². The second kappa shape index (κ2) is 4.58. The van der Waals surface area contributed by atoms with Crippen molar-refractivity contribution >= 4 is 21.6 Å². The second-order valence-electron chi connectivity index (χ2n) is 4.39. The maximum Gasteiger partial charge on any atom is 0.264 e. The van der Waals surface area contributed by atoms with Gasteiger partial charge in [0.15, 0.2) is 0 Å². The van der Waals surface area contributed by atoms with E-state index in [1.807, 2.05) is 13.8 Å². The van der Waals surface area contributed by atoms with E-state index in [4.69, 9.17) is 10.3 Å². The Balaban J connectivity index is 2.40. The lowest BCUT2D eigenvalue weighted by Crippen LogP contribution is -2.13. The van der Waals surface area contributed by atoms with Gasteiger partial charge in [-0.05, 0) is 44.0 Å². The van der Waals surface area contributed by atoms with Crippen molar-refractivity contribution in [2.75, 3.05) is 10.5 Å². The van der Waals surface area contributed by atoms with Crippen LogP contribution in [0, 0.1) is 20.8 Å². The second-order valence-corrected chi connectivity index (χ2v) is 6.07. The van der Waals surface area contributed by atoms with Crippen molar-refractivity contribution in [3.63, 3.8) is 0 Å². The SMILES string of the molecule is Cc1cc(NS(=O)(=O)c2cc(C)c(C)c(N)c2)on1. The lowest BCUT2D eigenvalue weighted by molar-refractivity contribution is 0.430. The first-order chi connectivity index (χ1) is 8.79. The summed E-state index contributed by atoms with van der Waals surface area (Å²) in [5, 5.41) is 3.62. The fourth-order valence-corrected chi connectivity index (χ4v) is 2.70. The maximum absolute atomic E-state index is 12.2. The van der Waals surface area contributed by atoms with E-state index >= 15 is 0 Å². The van der Waals surface area contributed by atoms with E-state index in [-0.39, 0.29) is 10.8 Å². The zero-order valence-corrected chi connectivity index (χ0v) is 11.7. The van der Waals surface area contributed by atoms with Gasteiger partial charge in [-0.3, -0.25) is 0 Å². The van der Waals surface area contributed by atoms with E-state index in [9.17, 15) is 8.42 Å². The van der Waals surface area contributed by atoms with Gasteiger partial charge in [0.05, 0.1) is 10.6 Å². The van der Waals surface area contributed by atoms with Crippen LogP contribution in [0.3, 0.4) is 0 Å². The molecule has 19 heavy (non-hydrogen) atoms. The summed E-state index contributed by atoms with van der Waals surface area (Å²) in [7, 11) is -3.73. The molecule has 0 saturated carbocycles. The molecule has 0 aliphatic heterocycles. The van der Waals surface area contributed by atoms with Crippen molar-refractivity contribution in [1.29, 1.82) is 0 Å². The van der Waals surface area contributed by atoms with Gasteiger partial charge in [-0.25, -0.2) is 13.1 Å². The molecule has 6 nitrogen and oxygen atoms in total. The van der Waals surface area contributed by atoms with Crippen LogP contribution >= 0.6 is 0 Å². The number of anilines is 2. The molecule has 1 aromatic carbocycles. The van der Waals surface area contributed by atoms with Crippen LogP contribution < -0.4 is 10.5 Å². The van der Waals surface area contributed by atoms with Gasteiger partial charge >= 0.3 is 0 Å². The lowest BCUT2D eigenvalue weighted by Gasteiger charge is -2.09. The highest BCUT2D eigenvalue weighted by molar-refractivity contribution is 7.92. The molecule has 1 heterocycles. The standard InChI is InChI=1S/C12H15N3O3S/c1-7-4-10(6-11(13)9(7)3)19(16,17)15-12-5-8(2)14-18-12/h4-6,15H,13H2,1-3H3. The average molecular weight is 281 g/mol. The Labute approximate surface area is 111 Å². The molecule has 2 rings (SSSR count). The molecule has 0 saturated heterocycles. The van der Waals surface area contributed by atoms with Gasteiger partial charge in [-0.15, -0.1) is 0 Å². The van der Waals surface area contributed by atoms with Crippen LogP contribution in [0.25, 0.3) is 0 Å². The van der Waals surface area contributed by atoms with Crippen molar-refractivity contribution in [2.45, 2.75) is 25.7 Å². The molecule has 0 aliphatic carbocycles. The van der Waals surface area contributed by atoms with E-state index in [1.165, 1.54) is 12.1 Å². The summed E-state index contributed by atoms with van der Waals surface area (Å²) < 4.78 is 31.5. The number of nitrogens with one attached hydrogen (secondary N) is 1. The monoisotopic (exact) mass is 281 g/mol. The van der Waals surface area contributed by atoms with Gasteiger partial charge in [0, 0.05) is 11.8 Å². The van der Waals surface area contributed by atoms with E-state index in [0.717, 1.165) is 11.1 Å². The third-order valence-electron chi connectivity index (χ3n) is 2.85. The number of sulfonamides is 1. The van der Waals surface area contributed by atoms with Crippen molar-refractivity contribution in [2.24, 2.45) is 0 Å². The first-order valence-electron chi connectivity index (χ1n) is 5.62. The quantitative estimate of drug-likeness (QED) is 0.838. The number of nitrogens with zero attached hydrogens (tertiary/aromatic N) is 1. The Morgan fingerprint density at radius 2 is 1.89 bits per heavy atom. The summed E-state index contributed by atoms with van der Waals surface area (Å²) >= 11 is 0. The number of hydrogen-bond acceptors (Lipinski definition) is 5. The van der Waals surface area contributed by atoms with Crippen molar-refractivity contribution in [3.8, 4) is 0 Å². The molecular formula is C12H15N3O3S. The van der Waals surface area contributed by atoms with Gasteiger partial charge in [-0.2, -0.15) is 0 Å². The van der Waals surface area contributed by atoms with Gasteiger partial charge in [-0.1, -0.05) is 5.16 Å². The molecule has 0 spiro atoms. The number of nitrogens with two attached hydrogens (primary N) is 1. The highest BCUT2D eigenvalue weighted by atomic mass is 32.2. The Morgan fingerprint density at radius 1 is 1.21 bits per heavy atom. The summed E-state index contributed by atoms with van der Waals surface area (Å²) in [4.78, 5) is 0.0992. The third-order valence-corrected chi connectivity index (χ3v) is 4.18. The molecule has 102 valence electrons. The molecule has 0 unspecified atom stereocenters. The first kappa shape index (κ1) is 13.4. The molecule has 0 amide bonds. The molecule has 0 radical (unpaired) electrons. The number of rotatable bonds is 3. The van der Waals surface area contributed by atoms with Crippen LogP contribution in [0.5, 0.6) is 0 Å². The smallest absolute Gasteiger partial charge is 0.264 e. The molecular weight excluding hydrogens is 266 g/mol. The van der Waals surface area contributed by atoms with Crippen molar-refractivity contribution in [3.05, 3.63) is 35.0 Å². The van der Waals surface area contributed by atoms with Gasteiger partial charge in [0.2, 0.25) is 5.88 Å². The molecule has 0 fully saturated rings. The number of aryl methyl sites for hydroxylation is 2. The maximum atomic E-state index is 12.2. The highest BCUT2D eigenvalue weighted by Gasteiger charge is 2.18. The van der Waals surface area contributed by atoms with E-state index < -0.39 is 10.0 Å². The summed E-state index contributed by atoms with van der Waals surface area (Å²) in [6, 6.07) is 4.49. The minimum Gasteiger partial charge on any atom is -0.398 e. The van der Waals surface area contributed by atoms with Gasteiger partial charge in [0.1, 0.15) is 0 Å². The topological polar surface area (TPSA) is 98.2 Å². The summed E-state index contributed by atoms with van der Waals surface area (Å²) in [5.41, 5.74) is 8.51.